The topological polar surface area (TPSA) is 101 Å². The maximum Gasteiger partial charge on any atom is 0.281 e. The number of hydrogen-bond donors (Lipinski definition) is 1. The lowest BCUT2D eigenvalue weighted by Crippen LogP contribution is -2.41. The van der Waals surface area contributed by atoms with Gasteiger partial charge >= 0.3 is 0 Å². The molecule has 8 nitrogen and oxygen atoms in total. The standard InChI is InChI=1S/C23H30N4O4S/c1-16-13-22(2,3)27(14-16)20-17(7-6-12-24-20)21(28)26-32(29,30)19-9-5-8-18(25-19)31-15-23(4)10-11-23/h5-9,12,16H,10-11,13-15H2,1-4H3,(H,26,28). The van der Waals surface area contributed by atoms with Gasteiger partial charge in [0.25, 0.3) is 15.9 Å². The fourth-order valence-corrected chi connectivity index (χ4v) is 5.14. The summed E-state index contributed by atoms with van der Waals surface area (Å²) in [5.41, 5.74) is 0.169. The fourth-order valence-electron chi connectivity index (χ4n) is 4.21. The van der Waals surface area contributed by atoms with Gasteiger partial charge in [-0.1, -0.05) is 19.9 Å². The van der Waals surface area contributed by atoms with Gasteiger partial charge in [-0.2, -0.15) is 13.4 Å². The molecule has 1 aliphatic heterocycles. The molecular weight excluding hydrogens is 428 g/mol. The monoisotopic (exact) mass is 458 g/mol. The summed E-state index contributed by atoms with van der Waals surface area (Å²) in [7, 11) is -4.19. The van der Waals surface area contributed by atoms with Crippen LogP contribution in [0.4, 0.5) is 5.82 Å². The highest BCUT2D eigenvalue weighted by Crippen LogP contribution is 2.45. The molecule has 3 heterocycles. The zero-order valence-electron chi connectivity index (χ0n) is 19.0. The van der Waals surface area contributed by atoms with Crippen LogP contribution in [0.3, 0.4) is 0 Å². The summed E-state index contributed by atoms with van der Waals surface area (Å²) in [6, 6.07) is 7.73. The number of amides is 1. The number of nitrogens with zero attached hydrogens (tertiary/aromatic N) is 3. The molecule has 9 heteroatoms. The molecule has 32 heavy (non-hydrogen) atoms. The highest BCUT2D eigenvalue weighted by atomic mass is 32.2. The van der Waals surface area contributed by atoms with E-state index in [1.54, 1.807) is 30.5 Å². The van der Waals surface area contributed by atoms with E-state index in [1.807, 2.05) is 0 Å². The molecule has 0 spiro atoms. The summed E-state index contributed by atoms with van der Waals surface area (Å²) in [6.07, 6.45) is 4.74. The summed E-state index contributed by atoms with van der Waals surface area (Å²) < 4.78 is 33.6. The highest BCUT2D eigenvalue weighted by molar-refractivity contribution is 7.90. The molecule has 1 unspecified atom stereocenters. The first-order chi connectivity index (χ1) is 15.0. The molecule has 1 aliphatic carbocycles. The van der Waals surface area contributed by atoms with Crippen molar-refractivity contribution in [3.8, 4) is 5.88 Å². The average molecular weight is 459 g/mol. The number of aromatic nitrogens is 2. The van der Waals surface area contributed by atoms with Gasteiger partial charge in [0, 0.05) is 29.8 Å². The Hall–Kier alpha value is -2.68. The molecule has 172 valence electrons. The smallest absolute Gasteiger partial charge is 0.281 e. The number of nitrogens with one attached hydrogen (secondary N) is 1. The molecule has 1 atom stereocenters. The normalized spacial score (nSPS) is 21.2. The number of carbonyl (C=O) groups is 1. The molecule has 0 radical (unpaired) electrons. The minimum Gasteiger partial charge on any atom is -0.477 e. The number of sulfonamides is 1. The van der Waals surface area contributed by atoms with E-state index in [2.05, 4.69) is 47.3 Å². The first kappa shape index (κ1) is 22.5. The van der Waals surface area contributed by atoms with Crippen LogP contribution in [-0.2, 0) is 10.0 Å². The molecular formula is C23H30N4O4S. The minimum atomic E-state index is -4.19. The van der Waals surface area contributed by atoms with Gasteiger partial charge in [0.05, 0.1) is 12.2 Å². The summed E-state index contributed by atoms with van der Waals surface area (Å²) in [6.45, 7) is 9.69. The summed E-state index contributed by atoms with van der Waals surface area (Å²) >= 11 is 0. The Kier molecular flexibility index (Phi) is 5.65. The second kappa shape index (κ2) is 8.03. The van der Waals surface area contributed by atoms with E-state index in [9.17, 15) is 13.2 Å². The molecule has 1 saturated heterocycles. The van der Waals surface area contributed by atoms with Crippen molar-refractivity contribution in [2.75, 3.05) is 18.1 Å². The number of carbonyl (C=O) groups excluding carboxylic acids is 1. The molecule has 2 aromatic rings. The molecule has 2 aromatic heterocycles. The predicted octanol–water partition coefficient (Wildman–Crippen LogP) is 3.40. The zero-order valence-corrected chi connectivity index (χ0v) is 19.8. The van der Waals surface area contributed by atoms with E-state index in [1.165, 1.54) is 6.07 Å². The van der Waals surface area contributed by atoms with Crippen LogP contribution in [0.25, 0.3) is 0 Å². The SMILES string of the molecule is CC1CN(c2ncccc2C(=O)NS(=O)(=O)c2cccc(OCC3(C)CC3)n2)C(C)(C)C1. The van der Waals surface area contributed by atoms with E-state index < -0.39 is 15.9 Å². The number of anilines is 1. The molecule has 0 bridgehead atoms. The fraction of sp³-hybridized carbons (Fsp3) is 0.522. The van der Waals surface area contributed by atoms with Gasteiger partial charge in [-0.05, 0) is 57.2 Å². The first-order valence-corrected chi connectivity index (χ1v) is 12.4. The number of ether oxygens (including phenoxy) is 1. The van der Waals surface area contributed by atoms with Crippen molar-refractivity contribution in [3.63, 3.8) is 0 Å². The first-order valence-electron chi connectivity index (χ1n) is 10.9. The molecule has 4 rings (SSSR count). The largest absolute Gasteiger partial charge is 0.477 e. The summed E-state index contributed by atoms with van der Waals surface area (Å²) in [5.74, 6) is 0.416. The van der Waals surface area contributed by atoms with Crippen molar-refractivity contribution in [1.82, 2.24) is 14.7 Å². The van der Waals surface area contributed by atoms with Crippen molar-refractivity contribution in [2.24, 2.45) is 11.3 Å². The van der Waals surface area contributed by atoms with Crippen molar-refractivity contribution >= 4 is 21.7 Å². The second-order valence-electron chi connectivity index (χ2n) is 9.95. The van der Waals surface area contributed by atoms with Crippen LogP contribution < -0.4 is 14.4 Å². The van der Waals surface area contributed by atoms with Gasteiger partial charge in [-0.25, -0.2) is 9.71 Å². The Morgan fingerprint density at radius 3 is 2.62 bits per heavy atom. The molecule has 1 N–H and O–H groups in total. The van der Waals surface area contributed by atoms with Gasteiger partial charge in [-0.3, -0.25) is 4.79 Å². The van der Waals surface area contributed by atoms with Gasteiger partial charge in [0.2, 0.25) is 5.88 Å². The Bertz CT molecular complexity index is 1130. The Balaban J connectivity index is 1.54. The second-order valence-corrected chi connectivity index (χ2v) is 11.6. The lowest BCUT2D eigenvalue weighted by atomic mass is 9.97. The van der Waals surface area contributed by atoms with Crippen LogP contribution in [0, 0.1) is 11.3 Å². The Morgan fingerprint density at radius 2 is 1.97 bits per heavy atom. The van der Waals surface area contributed by atoms with E-state index in [4.69, 9.17) is 4.74 Å². The maximum atomic E-state index is 13.0. The number of pyridine rings is 2. The third-order valence-electron chi connectivity index (χ3n) is 6.23. The zero-order chi connectivity index (χ0) is 23.1. The van der Waals surface area contributed by atoms with Gasteiger partial charge < -0.3 is 9.64 Å². The lowest BCUT2D eigenvalue weighted by molar-refractivity contribution is 0.0981. The minimum absolute atomic E-state index is 0.141. The van der Waals surface area contributed by atoms with Crippen LogP contribution in [0.1, 0.15) is 57.3 Å². The van der Waals surface area contributed by atoms with Crippen molar-refractivity contribution in [3.05, 3.63) is 42.1 Å². The van der Waals surface area contributed by atoms with Crippen LogP contribution >= 0.6 is 0 Å². The van der Waals surface area contributed by atoms with Gasteiger partial charge in [0.15, 0.2) is 5.03 Å². The van der Waals surface area contributed by atoms with E-state index in [0.29, 0.717) is 18.3 Å². The van der Waals surface area contributed by atoms with Crippen molar-refractivity contribution < 1.29 is 17.9 Å². The lowest BCUT2D eigenvalue weighted by Gasteiger charge is -2.33. The third-order valence-corrected chi connectivity index (χ3v) is 7.46. The summed E-state index contributed by atoms with van der Waals surface area (Å²) in [4.78, 5) is 23.6. The van der Waals surface area contributed by atoms with Gasteiger partial charge in [0.1, 0.15) is 5.82 Å². The Labute approximate surface area is 189 Å². The van der Waals surface area contributed by atoms with Crippen LogP contribution in [0.2, 0.25) is 0 Å². The molecule has 1 saturated carbocycles. The van der Waals surface area contributed by atoms with Crippen LogP contribution in [0.15, 0.2) is 41.6 Å². The molecule has 1 amide bonds. The van der Waals surface area contributed by atoms with Crippen molar-refractivity contribution in [2.45, 2.75) is 57.5 Å². The Morgan fingerprint density at radius 1 is 1.22 bits per heavy atom. The number of rotatable bonds is 7. The summed E-state index contributed by atoms with van der Waals surface area (Å²) in [5, 5.41) is -0.259. The van der Waals surface area contributed by atoms with Crippen LogP contribution in [-0.4, -0.2) is 43.0 Å². The molecule has 0 aromatic carbocycles. The maximum absolute atomic E-state index is 13.0. The highest BCUT2D eigenvalue weighted by Gasteiger charge is 2.39. The van der Waals surface area contributed by atoms with Crippen molar-refractivity contribution in [1.29, 1.82) is 0 Å². The quantitative estimate of drug-likeness (QED) is 0.678. The molecule has 2 aliphatic rings. The predicted molar refractivity (Wildman–Crippen MR) is 121 cm³/mol. The van der Waals surface area contributed by atoms with Gasteiger partial charge in [-0.15, -0.1) is 0 Å². The number of hydrogen-bond acceptors (Lipinski definition) is 7. The third kappa shape index (κ3) is 4.72. The van der Waals surface area contributed by atoms with E-state index >= 15 is 0 Å². The average Bonchev–Trinajstić information content (AvgIpc) is 3.40. The van der Waals surface area contributed by atoms with Crippen LogP contribution in [0.5, 0.6) is 5.88 Å². The molecule has 2 fully saturated rings. The van der Waals surface area contributed by atoms with E-state index in [0.717, 1.165) is 25.8 Å². The van der Waals surface area contributed by atoms with E-state index in [-0.39, 0.29) is 27.4 Å².